The minimum absolute atomic E-state index is 0.0296. The van der Waals surface area contributed by atoms with Crippen LogP contribution < -0.4 is 20.9 Å². The molecule has 2 heterocycles. The van der Waals surface area contributed by atoms with Crippen LogP contribution in [0.4, 0.5) is 0 Å². The van der Waals surface area contributed by atoms with E-state index in [1.165, 1.54) is 25.1 Å². The second-order valence-electron chi connectivity index (χ2n) is 8.29. The molecule has 0 bridgehead atoms. The summed E-state index contributed by atoms with van der Waals surface area (Å²) in [5.41, 5.74) is 6.92. The minimum atomic E-state index is -4.43. The molecule has 0 amide bonds. The third-order valence-electron chi connectivity index (χ3n) is 5.28. The van der Waals surface area contributed by atoms with Gasteiger partial charge in [-0.05, 0) is 31.0 Å². The van der Waals surface area contributed by atoms with Crippen molar-refractivity contribution in [3.8, 4) is 5.75 Å². The summed E-state index contributed by atoms with van der Waals surface area (Å²) < 4.78 is 36.4. The molecule has 1 aromatic carbocycles. The number of carbonyl (C=O) groups excluding carboxylic acids is 1. The van der Waals surface area contributed by atoms with Crippen molar-refractivity contribution in [2.75, 3.05) is 13.2 Å². The summed E-state index contributed by atoms with van der Waals surface area (Å²) >= 11 is 12.0. The number of rotatable bonds is 13. The summed E-state index contributed by atoms with van der Waals surface area (Å²) in [4.78, 5) is 40.7. The Labute approximate surface area is 236 Å². The van der Waals surface area contributed by atoms with Gasteiger partial charge in [0.1, 0.15) is 23.6 Å². The molecule has 18 heteroatoms. The Bertz CT molecular complexity index is 1490. The highest BCUT2D eigenvalue weighted by atomic mass is 35.5. The lowest BCUT2D eigenvalue weighted by Crippen LogP contribution is -2.37. The highest BCUT2D eigenvalue weighted by Crippen LogP contribution is 2.47. The van der Waals surface area contributed by atoms with Crippen LogP contribution in [-0.4, -0.2) is 52.1 Å². The molecule has 15 nitrogen and oxygen atoms in total. The number of nitrogens with zero attached hydrogens (tertiary/aromatic N) is 4. The maximum Gasteiger partial charge on any atom is 0.459 e. The molecule has 0 radical (unpaired) electrons. The molecule has 1 aliphatic rings. The number of aromatic nitrogens is 2. The van der Waals surface area contributed by atoms with Crippen LogP contribution in [-0.2, 0) is 23.4 Å². The lowest BCUT2D eigenvalue weighted by molar-refractivity contribution is -0.145. The van der Waals surface area contributed by atoms with Crippen molar-refractivity contribution in [2.24, 2.45) is 5.11 Å². The van der Waals surface area contributed by atoms with Crippen LogP contribution in [0.15, 0.2) is 50.9 Å². The van der Waals surface area contributed by atoms with Gasteiger partial charge in [-0.2, -0.15) is 5.09 Å². The van der Waals surface area contributed by atoms with Crippen molar-refractivity contribution < 1.29 is 33.0 Å². The quantitative estimate of drug-likeness (QED) is 0.0742. The topological polar surface area (TPSA) is 207 Å². The number of azide groups is 1. The zero-order valence-corrected chi connectivity index (χ0v) is 23.6. The van der Waals surface area contributed by atoms with Gasteiger partial charge in [-0.1, -0.05) is 41.7 Å². The number of aliphatic hydroxyl groups excluding tert-OH is 1. The van der Waals surface area contributed by atoms with E-state index in [0.29, 0.717) is 6.42 Å². The first-order valence-corrected chi connectivity index (χ1v) is 14.1. The minimum Gasteiger partial charge on any atom is -0.469 e. The molecule has 0 fully saturated rings. The summed E-state index contributed by atoms with van der Waals surface area (Å²) in [6.45, 7) is 2.80. The molecule has 4 atom stereocenters. The van der Waals surface area contributed by atoms with E-state index < -0.39 is 55.5 Å². The monoisotopic (exact) mass is 618 g/mol. The number of halogens is 2. The Hall–Kier alpha value is -3.29. The second-order valence-corrected chi connectivity index (χ2v) is 10.8. The van der Waals surface area contributed by atoms with Crippen molar-refractivity contribution in [1.82, 2.24) is 14.6 Å². The molecule has 0 saturated heterocycles. The summed E-state index contributed by atoms with van der Waals surface area (Å²) in [5.74, 6) is -1.14. The molecule has 1 unspecified atom stereocenters. The predicted molar refractivity (Wildman–Crippen MR) is 144 cm³/mol. The first-order valence-electron chi connectivity index (χ1n) is 11.8. The number of nitrogens with one attached hydrogen (secondary N) is 2. The molecule has 1 aromatic heterocycles. The molecular weight excluding hydrogens is 594 g/mol. The fraction of sp³-hybridized carbons (Fsp3) is 0.409. The molecule has 3 N–H and O–H groups in total. The van der Waals surface area contributed by atoms with Gasteiger partial charge in [0.15, 0.2) is 6.10 Å². The van der Waals surface area contributed by atoms with Crippen LogP contribution in [0.5, 0.6) is 5.75 Å². The van der Waals surface area contributed by atoms with Gasteiger partial charge in [-0.3, -0.25) is 19.1 Å². The number of H-pyrrole nitrogens is 1. The van der Waals surface area contributed by atoms with Crippen LogP contribution in [0.3, 0.4) is 0 Å². The predicted octanol–water partition coefficient (Wildman–Crippen LogP) is 3.56. The lowest BCUT2D eigenvalue weighted by Gasteiger charge is -2.25. The van der Waals surface area contributed by atoms with Crippen LogP contribution in [0.2, 0.25) is 10.0 Å². The zero-order valence-electron chi connectivity index (χ0n) is 21.2. The third-order valence-corrected chi connectivity index (χ3v) is 7.67. The molecule has 216 valence electrons. The standard InChI is InChI=1S/C22H25Cl2N6O9P/c1-3-4-9-36-21(33)12(2)28-40(35,39-13-5-6-14(23)15(24)10-13)37-11-16-19(32)18(27-29-25)20(38-16)30-8-7-17(31)26-22(30)34/h5-8,10,12,16,19,32H,3-4,9,11H2,1-2H3,(H,28,35)(H,26,31,34)/t12-,16+,19+,40?/m0/s1. The summed E-state index contributed by atoms with van der Waals surface area (Å²) in [5, 5.41) is 16.9. The Kier molecular flexibility index (Phi) is 10.8. The van der Waals surface area contributed by atoms with Crippen molar-refractivity contribution in [3.63, 3.8) is 0 Å². The third kappa shape index (κ3) is 7.89. The maximum atomic E-state index is 13.8. The fourth-order valence-electron chi connectivity index (χ4n) is 3.27. The van der Waals surface area contributed by atoms with Gasteiger partial charge in [0.25, 0.3) is 5.56 Å². The molecule has 0 aliphatic carbocycles. The summed E-state index contributed by atoms with van der Waals surface area (Å²) in [7, 11) is -4.43. The molecule has 0 saturated carbocycles. The normalized spacial score (nSPS) is 18.8. The van der Waals surface area contributed by atoms with Crippen LogP contribution >= 0.6 is 30.9 Å². The molecule has 3 rings (SSSR count). The summed E-state index contributed by atoms with van der Waals surface area (Å²) in [6.07, 6.45) is -0.552. The molecule has 0 spiro atoms. The zero-order chi connectivity index (χ0) is 29.4. The van der Waals surface area contributed by atoms with Crippen molar-refractivity contribution >= 4 is 42.8 Å². The van der Waals surface area contributed by atoms with Crippen LogP contribution in [0.25, 0.3) is 16.3 Å². The number of benzene rings is 1. The number of aromatic amines is 1. The Morgan fingerprint density at radius 3 is 2.75 bits per heavy atom. The van der Waals surface area contributed by atoms with E-state index in [1.807, 2.05) is 11.9 Å². The highest BCUT2D eigenvalue weighted by molar-refractivity contribution is 7.52. The smallest absolute Gasteiger partial charge is 0.459 e. The number of esters is 1. The van der Waals surface area contributed by atoms with E-state index in [1.54, 1.807) is 0 Å². The SMILES string of the molecule is CCCCOC(=O)[C@H](C)NP(=O)(OC[C@H]1OC(n2ccc(=O)[nH]c2=O)=C(N=[N+]=[N-])[C@@H]1O)Oc1ccc(Cl)c(Cl)c1. The van der Waals surface area contributed by atoms with Gasteiger partial charge in [-0.25, -0.2) is 13.9 Å². The Morgan fingerprint density at radius 1 is 1.35 bits per heavy atom. The first-order chi connectivity index (χ1) is 19.0. The summed E-state index contributed by atoms with van der Waals surface area (Å²) in [6, 6.07) is 3.87. The van der Waals surface area contributed by atoms with Gasteiger partial charge in [0, 0.05) is 23.2 Å². The van der Waals surface area contributed by atoms with Gasteiger partial charge < -0.3 is 19.1 Å². The number of hydrogen-bond donors (Lipinski definition) is 3. The van der Waals surface area contributed by atoms with Gasteiger partial charge in [-0.15, -0.1) is 0 Å². The number of ether oxygens (including phenoxy) is 2. The van der Waals surface area contributed by atoms with Crippen molar-refractivity contribution in [1.29, 1.82) is 0 Å². The average Bonchev–Trinajstić information content (AvgIpc) is 3.20. The molecular formula is C22H25Cl2N6O9P. The average molecular weight is 619 g/mol. The van der Waals surface area contributed by atoms with E-state index in [2.05, 4.69) is 15.1 Å². The largest absolute Gasteiger partial charge is 0.469 e. The fourth-order valence-corrected chi connectivity index (χ4v) is 5.05. The Morgan fingerprint density at radius 2 is 2.10 bits per heavy atom. The van der Waals surface area contributed by atoms with E-state index in [-0.39, 0.29) is 28.3 Å². The Balaban J connectivity index is 1.84. The van der Waals surface area contributed by atoms with E-state index in [0.717, 1.165) is 23.3 Å². The van der Waals surface area contributed by atoms with Crippen LogP contribution in [0, 0.1) is 0 Å². The number of unbranched alkanes of at least 4 members (excludes halogenated alkanes) is 1. The van der Waals surface area contributed by atoms with Gasteiger partial charge in [0.05, 0.1) is 23.3 Å². The van der Waals surface area contributed by atoms with Gasteiger partial charge in [0.2, 0.25) is 5.88 Å². The van der Waals surface area contributed by atoms with Crippen LogP contribution in [0.1, 0.15) is 26.7 Å². The van der Waals surface area contributed by atoms with Crippen molar-refractivity contribution in [2.45, 2.75) is 44.9 Å². The second kappa shape index (κ2) is 13.9. The van der Waals surface area contributed by atoms with E-state index >= 15 is 0 Å². The maximum absolute atomic E-state index is 13.8. The number of aliphatic hydroxyl groups is 1. The highest BCUT2D eigenvalue weighted by Gasteiger charge is 2.40. The number of carbonyl (C=O) groups is 1. The molecule has 1 aliphatic heterocycles. The van der Waals surface area contributed by atoms with Crippen molar-refractivity contribution in [3.05, 3.63) is 77.5 Å². The molecule has 2 aromatic rings. The van der Waals surface area contributed by atoms with E-state index in [9.17, 15) is 24.1 Å². The molecule has 40 heavy (non-hydrogen) atoms. The lowest BCUT2D eigenvalue weighted by atomic mass is 10.2. The van der Waals surface area contributed by atoms with Gasteiger partial charge >= 0.3 is 19.4 Å². The first kappa shape index (κ1) is 31.2. The number of hydrogen-bond acceptors (Lipinski definition) is 10. The van der Waals surface area contributed by atoms with E-state index in [4.69, 9.17) is 47.3 Å².